The zero-order chi connectivity index (χ0) is 15.5. The second-order valence-corrected chi connectivity index (χ2v) is 6.29. The summed E-state index contributed by atoms with van der Waals surface area (Å²) in [5, 5.41) is 5.23. The van der Waals surface area contributed by atoms with Gasteiger partial charge in [0.05, 0.1) is 28.1 Å². The summed E-state index contributed by atoms with van der Waals surface area (Å²) in [5.74, 6) is 5.86. The number of rotatable bonds is 6. The Balaban J connectivity index is 2.26. The molecule has 1 aromatic heterocycles. The molecule has 1 heterocycles. The summed E-state index contributed by atoms with van der Waals surface area (Å²) in [6.07, 6.45) is 6.45. The number of hydrogen-bond donors (Lipinski definition) is 2. The molecule has 0 saturated heterocycles. The third-order valence-electron chi connectivity index (χ3n) is 4.79. The van der Waals surface area contributed by atoms with Crippen LogP contribution in [-0.4, -0.2) is 28.5 Å². The number of methoxy groups -OCH3 is 1. The zero-order valence-corrected chi connectivity index (χ0v) is 14.0. The maximum atomic E-state index is 6.43. The first-order valence-electron chi connectivity index (χ1n) is 7.81. The number of nitrogens with two attached hydrogens (primary N) is 1. The molecule has 1 unspecified atom stereocenters. The van der Waals surface area contributed by atoms with Gasteiger partial charge in [0, 0.05) is 20.1 Å². The van der Waals surface area contributed by atoms with Crippen LogP contribution in [-0.2, 0) is 17.7 Å². The molecule has 21 heavy (non-hydrogen) atoms. The molecule has 120 valence electrons. The van der Waals surface area contributed by atoms with E-state index in [1.807, 2.05) is 11.6 Å². The highest BCUT2D eigenvalue weighted by Gasteiger charge is 2.40. The van der Waals surface area contributed by atoms with Gasteiger partial charge in [-0.2, -0.15) is 5.10 Å². The first kappa shape index (κ1) is 16.7. The Morgan fingerprint density at radius 1 is 1.43 bits per heavy atom. The SMILES string of the molecule is CCn1nc(C)c(Cl)c1CC(NN)C1(OC)CCCCC1. The molecule has 5 nitrogen and oxygen atoms in total. The molecule has 0 spiro atoms. The van der Waals surface area contributed by atoms with Crippen LogP contribution in [0.2, 0.25) is 5.02 Å². The fourth-order valence-corrected chi connectivity index (χ4v) is 3.71. The van der Waals surface area contributed by atoms with Crippen LogP contribution in [0.25, 0.3) is 0 Å². The summed E-state index contributed by atoms with van der Waals surface area (Å²) in [6, 6.07) is 0.0432. The largest absolute Gasteiger partial charge is 0.377 e. The normalized spacial score (nSPS) is 19.7. The summed E-state index contributed by atoms with van der Waals surface area (Å²) in [7, 11) is 1.79. The van der Waals surface area contributed by atoms with Crippen LogP contribution < -0.4 is 11.3 Å². The lowest BCUT2D eigenvalue weighted by atomic mass is 9.77. The van der Waals surface area contributed by atoms with Crippen molar-refractivity contribution in [1.82, 2.24) is 15.2 Å². The Kier molecular flexibility index (Phi) is 5.66. The van der Waals surface area contributed by atoms with Crippen molar-refractivity contribution in [1.29, 1.82) is 0 Å². The van der Waals surface area contributed by atoms with Gasteiger partial charge in [0.25, 0.3) is 0 Å². The number of ether oxygens (including phenoxy) is 1. The van der Waals surface area contributed by atoms with Crippen molar-refractivity contribution >= 4 is 11.6 Å². The second-order valence-electron chi connectivity index (χ2n) is 5.91. The molecule has 1 atom stereocenters. The quantitative estimate of drug-likeness (QED) is 0.625. The molecular weight excluding hydrogens is 288 g/mol. The van der Waals surface area contributed by atoms with Crippen LogP contribution in [0, 0.1) is 6.92 Å². The average molecular weight is 315 g/mol. The summed E-state index contributed by atoms with van der Waals surface area (Å²) >= 11 is 6.43. The van der Waals surface area contributed by atoms with E-state index in [1.54, 1.807) is 7.11 Å². The number of nitrogens with one attached hydrogen (secondary N) is 1. The number of halogens is 1. The van der Waals surface area contributed by atoms with Gasteiger partial charge in [-0.25, -0.2) is 0 Å². The summed E-state index contributed by atoms with van der Waals surface area (Å²) < 4.78 is 7.88. The fourth-order valence-electron chi connectivity index (χ4n) is 3.50. The molecule has 0 aliphatic heterocycles. The third-order valence-corrected chi connectivity index (χ3v) is 5.28. The molecule has 6 heteroatoms. The van der Waals surface area contributed by atoms with Gasteiger partial charge in [0.1, 0.15) is 0 Å². The topological polar surface area (TPSA) is 65.1 Å². The zero-order valence-electron chi connectivity index (χ0n) is 13.3. The van der Waals surface area contributed by atoms with Gasteiger partial charge >= 0.3 is 0 Å². The Bertz CT molecular complexity index is 468. The van der Waals surface area contributed by atoms with E-state index >= 15 is 0 Å². The molecule has 1 aliphatic carbocycles. The Labute approximate surface area is 132 Å². The molecule has 0 amide bonds. The number of aryl methyl sites for hydroxylation is 2. The molecule has 1 aliphatic rings. The molecule has 2 rings (SSSR count). The maximum absolute atomic E-state index is 6.43. The molecule has 1 saturated carbocycles. The van der Waals surface area contributed by atoms with Crippen LogP contribution in [0.5, 0.6) is 0 Å². The predicted octanol–water partition coefficient (Wildman–Crippen LogP) is 2.59. The lowest BCUT2D eigenvalue weighted by Crippen LogP contribution is -2.56. The van der Waals surface area contributed by atoms with Gasteiger partial charge in [-0.15, -0.1) is 0 Å². The minimum absolute atomic E-state index is 0.0432. The lowest BCUT2D eigenvalue weighted by Gasteiger charge is -2.42. The second kappa shape index (κ2) is 7.09. The summed E-state index contributed by atoms with van der Waals surface area (Å²) in [6.45, 7) is 4.82. The number of hydrogen-bond acceptors (Lipinski definition) is 4. The van der Waals surface area contributed by atoms with Crippen LogP contribution >= 0.6 is 11.6 Å². The fraction of sp³-hybridized carbons (Fsp3) is 0.800. The van der Waals surface area contributed by atoms with Crippen molar-refractivity contribution in [3.63, 3.8) is 0 Å². The van der Waals surface area contributed by atoms with Crippen molar-refractivity contribution in [3.8, 4) is 0 Å². The highest BCUT2D eigenvalue weighted by Crippen LogP contribution is 2.36. The Hall–Kier alpha value is -0.620. The predicted molar refractivity (Wildman–Crippen MR) is 85.3 cm³/mol. The van der Waals surface area contributed by atoms with Crippen molar-refractivity contribution in [2.75, 3.05) is 7.11 Å². The van der Waals surface area contributed by atoms with Crippen molar-refractivity contribution < 1.29 is 4.74 Å². The van der Waals surface area contributed by atoms with Gasteiger partial charge < -0.3 is 4.74 Å². The molecule has 0 aromatic carbocycles. The maximum Gasteiger partial charge on any atom is 0.0848 e. The van der Waals surface area contributed by atoms with E-state index in [0.29, 0.717) is 0 Å². The van der Waals surface area contributed by atoms with Crippen molar-refractivity contribution in [2.24, 2.45) is 5.84 Å². The van der Waals surface area contributed by atoms with Gasteiger partial charge in [0.2, 0.25) is 0 Å². The van der Waals surface area contributed by atoms with Crippen LogP contribution in [0.15, 0.2) is 0 Å². The molecule has 0 radical (unpaired) electrons. The molecule has 1 aromatic rings. The number of hydrazine groups is 1. The Morgan fingerprint density at radius 2 is 2.10 bits per heavy atom. The van der Waals surface area contributed by atoms with E-state index < -0.39 is 0 Å². The molecular formula is C15H27ClN4O. The highest BCUT2D eigenvalue weighted by atomic mass is 35.5. The molecule has 3 N–H and O–H groups in total. The van der Waals surface area contributed by atoms with Gasteiger partial charge in [-0.3, -0.25) is 16.0 Å². The first-order valence-corrected chi connectivity index (χ1v) is 8.18. The van der Waals surface area contributed by atoms with Gasteiger partial charge in [-0.05, 0) is 26.7 Å². The smallest absolute Gasteiger partial charge is 0.0848 e. The van der Waals surface area contributed by atoms with Gasteiger partial charge in [0.15, 0.2) is 0 Å². The molecule has 1 fully saturated rings. The van der Waals surface area contributed by atoms with E-state index in [1.165, 1.54) is 19.3 Å². The van der Waals surface area contributed by atoms with E-state index in [-0.39, 0.29) is 11.6 Å². The van der Waals surface area contributed by atoms with E-state index in [0.717, 1.165) is 42.2 Å². The van der Waals surface area contributed by atoms with Crippen LogP contribution in [0.1, 0.15) is 50.4 Å². The minimum Gasteiger partial charge on any atom is -0.377 e. The highest BCUT2D eigenvalue weighted by molar-refractivity contribution is 6.31. The third kappa shape index (κ3) is 3.26. The standard InChI is InChI=1S/C15H27ClN4O/c1-4-20-12(14(16)11(2)19-20)10-13(18-17)15(21-3)8-6-5-7-9-15/h13,18H,4-10,17H2,1-3H3. The van der Waals surface area contributed by atoms with Crippen LogP contribution in [0.3, 0.4) is 0 Å². The summed E-state index contributed by atoms with van der Waals surface area (Å²) in [5.41, 5.74) is 4.69. The van der Waals surface area contributed by atoms with E-state index in [9.17, 15) is 0 Å². The van der Waals surface area contributed by atoms with E-state index in [4.69, 9.17) is 22.2 Å². The lowest BCUT2D eigenvalue weighted by molar-refractivity contribution is -0.0677. The van der Waals surface area contributed by atoms with Crippen molar-refractivity contribution in [3.05, 3.63) is 16.4 Å². The molecule has 0 bridgehead atoms. The number of aromatic nitrogens is 2. The Morgan fingerprint density at radius 3 is 2.62 bits per heavy atom. The average Bonchev–Trinajstić information content (AvgIpc) is 2.80. The van der Waals surface area contributed by atoms with E-state index in [2.05, 4.69) is 17.4 Å². The van der Waals surface area contributed by atoms with Gasteiger partial charge in [-0.1, -0.05) is 30.9 Å². The van der Waals surface area contributed by atoms with Crippen LogP contribution in [0.4, 0.5) is 0 Å². The first-order chi connectivity index (χ1) is 10.1. The minimum atomic E-state index is -0.201. The monoisotopic (exact) mass is 314 g/mol. The van der Waals surface area contributed by atoms with Crippen molar-refractivity contribution in [2.45, 2.75) is 70.6 Å². The number of nitrogens with zero attached hydrogens (tertiary/aromatic N) is 2. The summed E-state index contributed by atoms with van der Waals surface area (Å²) in [4.78, 5) is 0.